The van der Waals surface area contributed by atoms with Crippen LogP contribution in [0.1, 0.15) is 30.8 Å². The van der Waals surface area contributed by atoms with Crippen molar-refractivity contribution in [2.75, 3.05) is 19.8 Å². The Morgan fingerprint density at radius 1 is 1.56 bits per heavy atom. The van der Waals surface area contributed by atoms with Crippen LogP contribution in [-0.2, 0) is 9.47 Å². The van der Waals surface area contributed by atoms with Gasteiger partial charge in [-0.05, 0) is 25.0 Å². The highest BCUT2D eigenvalue weighted by Gasteiger charge is 2.32. The third kappa shape index (κ3) is 3.34. The fraction of sp³-hybridized carbons (Fsp3) is 0.615. The molecule has 1 atom stereocenters. The molecule has 2 heterocycles. The van der Waals surface area contributed by atoms with E-state index in [4.69, 9.17) is 9.47 Å². The van der Waals surface area contributed by atoms with Crippen molar-refractivity contribution < 1.29 is 14.3 Å². The summed E-state index contributed by atoms with van der Waals surface area (Å²) in [6.45, 7) is 5.94. The number of carbonyl (C=O) groups is 1. The first-order chi connectivity index (χ1) is 8.59. The summed E-state index contributed by atoms with van der Waals surface area (Å²) < 4.78 is 11.1. The minimum Gasteiger partial charge on any atom is -0.357 e. The molecule has 0 saturated carbocycles. The summed E-state index contributed by atoms with van der Waals surface area (Å²) >= 11 is 0. The average Bonchev–Trinajstić information content (AvgIpc) is 2.97. The topological polar surface area (TPSA) is 63.4 Å². The van der Waals surface area contributed by atoms with Crippen molar-refractivity contribution in [1.82, 2.24) is 10.3 Å². The quantitative estimate of drug-likeness (QED) is 0.835. The number of hydrogen-bond acceptors (Lipinski definition) is 3. The van der Waals surface area contributed by atoms with Gasteiger partial charge in [-0.25, -0.2) is 0 Å². The van der Waals surface area contributed by atoms with E-state index >= 15 is 0 Å². The largest absolute Gasteiger partial charge is 0.357 e. The van der Waals surface area contributed by atoms with Gasteiger partial charge in [0.25, 0.3) is 5.91 Å². The summed E-state index contributed by atoms with van der Waals surface area (Å²) in [5.41, 5.74) is 0.585. The Balaban J connectivity index is 1.74. The SMILES string of the molecule is C[C@H](CNC(=O)c1ccc[nH]1)CC1(C)OCCO1. The van der Waals surface area contributed by atoms with Crippen LogP contribution in [0.3, 0.4) is 0 Å². The van der Waals surface area contributed by atoms with Crippen LogP contribution in [-0.4, -0.2) is 36.4 Å². The lowest BCUT2D eigenvalue weighted by atomic mass is 10.0. The van der Waals surface area contributed by atoms with E-state index in [-0.39, 0.29) is 5.91 Å². The van der Waals surface area contributed by atoms with Gasteiger partial charge in [0.2, 0.25) is 0 Å². The predicted octanol–water partition coefficient (Wildman–Crippen LogP) is 1.53. The van der Waals surface area contributed by atoms with Crippen molar-refractivity contribution in [1.29, 1.82) is 0 Å². The lowest BCUT2D eigenvalue weighted by Crippen LogP contribution is -2.34. The third-order valence-electron chi connectivity index (χ3n) is 3.07. The zero-order valence-electron chi connectivity index (χ0n) is 10.9. The molecule has 5 nitrogen and oxygen atoms in total. The number of carbonyl (C=O) groups excluding carboxylic acids is 1. The standard InChI is InChI=1S/C13H20N2O3/c1-10(8-13(2)17-6-7-18-13)9-15-12(16)11-4-3-5-14-11/h3-5,10,14H,6-9H2,1-2H3,(H,15,16)/t10-/m0/s1. The molecule has 1 aromatic rings. The maximum Gasteiger partial charge on any atom is 0.267 e. The normalized spacial score (nSPS) is 19.7. The van der Waals surface area contributed by atoms with Gasteiger partial charge in [0.15, 0.2) is 5.79 Å². The molecule has 1 amide bonds. The van der Waals surface area contributed by atoms with Crippen LogP contribution in [0.2, 0.25) is 0 Å². The zero-order chi connectivity index (χ0) is 13.0. The molecular formula is C13H20N2O3. The first-order valence-electron chi connectivity index (χ1n) is 6.28. The van der Waals surface area contributed by atoms with Crippen molar-refractivity contribution in [3.8, 4) is 0 Å². The highest BCUT2D eigenvalue weighted by Crippen LogP contribution is 2.26. The fourth-order valence-corrected chi connectivity index (χ4v) is 2.21. The van der Waals surface area contributed by atoms with Crippen molar-refractivity contribution in [2.24, 2.45) is 5.92 Å². The van der Waals surface area contributed by atoms with Gasteiger partial charge in [-0.1, -0.05) is 6.92 Å². The van der Waals surface area contributed by atoms with Crippen LogP contribution in [0.15, 0.2) is 18.3 Å². The maximum atomic E-state index is 11.7. The van der Waals surface area contributed by atoms with Gasteiger partial charge in [-0.15, -0.1) is 0 Å². The maximum absolute atomic E-state index is 11.7. The van der Waals surface area contributed by atoms with Crippen molar-refractivity contribution in [3.05, 3.63) is 24.0 Å². The van der Waals surface area contributed by atoms with Gasteiger partial charge in [0.05, 0.1) is 13.2 Å². The lowest BCUT2D eigenvalue weighted by Gasteiger charge is -2.25. The number of rotatable bonds is 5. The lowest BCUT2D eigenvalue weighted by molar-refractivity contribution is -0.153. The van der Waals surface area contributed by atoms with Gasteiger partial charge < -0.3 is 19.8 Å². The van der Waals surface area contributed by atoms with Gasteiger partial charge in [-0.3, -0.25) is 4.79 Å². The zero-order valence-corrected chi connectivity index (χ0v) is 10.9. The number of H-pyrrole nitrogens is 1. The molecule has 2 N–H and O–H groups in total. The second kappa shape index (κ2) is 5.54. The van der Waals surface area contributed by atoms with Crippen molar-refractivity contribution >= 4 is 5.91 Å². The number of hydrogen-bond donors (Lipinski definition) is 2. The van der Waals surface area contributed by atoms with Crippen LogP contribution >= 0.6 is 0 Å². The molecule has 0 bridgehead atoms. The molecule has 0 aliphatic carbocycles. The predicted molar refractivity (Wildman–Crippen MR) is 67.2 cm³/mol. The Labute approximate surface area is 107 Å². The molecule has 1 fully saturated rings. The van der Waals surface area contributed by atoms with E-state index in [1.807, 2.05) is 6.92 Å². The number of nitrogens with one attached hydrogen (secondary N) is 2. The van der Waals surface area contributed by atoms with Crippen LogP contribution in [0.5, 0.6) is 0 Å². The Hall–Kier alpha value is -1.33. The van der Waals surface area contributed by atoms with E-state index in [1.54, 1.807) is 18.3 Å². The molecule has 1 saturated heterocycles. The molecule has 0 radical (unpaired) electrons. The monoisotopic (exact) mass is 252 g/mol. The van der Waals surface area contributed by atoms with Gasteiger partial charge in [-0.2, -0.15) is 0 Å². The highest BCUT2D eigenvalue weighted by atomic mass is 16.7. The van der Waals surface area contributed by atoms with Gasteiger partial charge in [0, 0.05) is 19.2 Å². The van der Waals surface area contributed by atoms with Gasteiger partial charge >= 0.3 is 0 Å². The van der Waals surface area contributed by atoms with E-state index < -0.39 is 5.79 Å². The number of amides is 1. The molecule has 1 aromatic heterocycles. The van der Waals surface area contributed by atoms with E-state index in [9.17, 15) is 4.79 Å². The minimum absolute atomic E-state index is 0.0785. The van der Waals surface area contributed by atoms with Crippen LogP contribution in [0.25, 0.3) is 0 Å². The Bertz CT molecular complexity index is 383. The molecule has 100 valence electrons. The fourth-order valence-electron chi connectivity index (χ4n) is 2.21. The molecule has 18 heavy (non-hydrogen) atoms. The van der Waals surface area contributed by atoms with E-state index in [1.165, 1.54) is 0 Å². The molecule has 1 aliphatic heterocycles. The first kappa shape index (κ1) is 13.1. The molecule has 5 heteroatoms. The third-order valence-corrected chi connectivity index (χ3v) is 3.07. The number of aromatic nitrogens is 1. The van der Waals surface area contributed by atoms with Crippen molar-refractivity contribution in [3.63, 3.8) is 0 Å². The molecule has 0 unspecified atom stereocenters. The van der Waals surface area contributed by atoms with Crippen LogP contribution in [0, 0.1) is 5.92 Å². The summed E-state index contributed by atoms with van der Waals surface area (Å²) in [4.78, 5) is 14.6. The van der Waals surface area contributed by atoms with Crippen LogP contribution < -0.4 is 5.32 Å². The first-order valence-corrected chi connectivity index (χ1v) is 6.28. The highest BCUT2D eigenvalue weighted by molar-refractivity contribution is 5.92. The summed E-state index contributed by atoms with van der Waals surface area (Å²) in [7, 11) is 0. The second-order valence-corrected chi connectivity index (χ2v) is 4.93. The summed E-state index contributed by atoms with van der Waals surface area (Å²) in [6.07, 6.45) is 2.51. The Morgan fingerprint density at radius 3 is 2.89 bits per heavy atom. The van der Waals surface area contributed by atoms with E-state index in [0.29, 0.717) is 31.4 Å². The number of ether oxygens (including phenoxy) is 2. The number of aromatic amines is 1. The van der Waals surface area contributed by atoms with Gasteiger partial charge in [0.1, 0.15) is 5.69 Å². The summed E-state index contributed by atoms with van der Waals surface area (Å²) in [5, 5.41) is 2.89. The minimum atomic E-state index is -0.490. The molecule has 2 rings (SSSR count). The second-order valence-electron chi connectivity index (χ2n) is 4.93. The summed E-state index contributed by atoms with van der Waals surface area (Å²) in [5.74, 6) is -0.270. The Morgan fingerprint density at radius 2 is 2.28 bits per heavy atom. The average molecular weight is 252 g/mol. The van der Waals surface area contributed by atoms with Crippen LogP contribution in [0.4, 0.5) is 0 Å². The molecule has 1 aliphatic rings. The van der Waals surface area contributed by atoms with Crippen molar-refractivity contribution in [2.45, 2.75) is 26.1 Å². The molecular weight excluding hydrogens is 232 g/mol. The molecule has 0 spiro atoms. The van der Waals surface area contributed by atoms with E-state index in [0.717, 1.165) is 6.42 Å². The smallest absolute Gasteiger partial charge is 0.267 e. The Kier molecular flexibility index (Phi) is 4.04. The van der Waals surface area contributed by atoms with E-state index in [2.05, 4.69) is 17.2 Å². The molecule has 0 aromatic carbocycles. The summed E-state index contributed by atoms with van der Waals surface area (Å²) in [6, 6.07) is 3.56.